The fraction of sp³-hybridized carbons (Fsp3) is 0.448. The van der Waals surface area contributed by atoms with Crippen LogP contribution >= 0.6 is 0 Å². The van der Waals surface area contributed by atoms with E-state index in [0.717, 1.165) is 12.8 Å². The van der Waals surface area contributed by atoms with Crippen LogP contribution in [0.5, 0.6) is 0 Å². The first-order valence-corrected chi connectivity index (χ1v) is 11.4. The maximum atomic E-state index is 4.50. The van der Waals surface area contributed by atoms with Crippen LogP contribution < -0.4 is 0 Å². The Morgan fingerprint density at radius 1 is 0.897 bits per heavy atom. The molecule has 0 N–H and O–H groups in total. The highest BCUT2D eigenvalue weighted by molar-refractivity contribution is 5.38. The van der Waals surface area contributed by atoms with Crippen molar-refractivity contribution in [2.24, 2.45) is 11.8 Å². The topological polar surface area (TPSA) is 0 Å². The van der Waals surface area contributed by atoms with Crippen molar-refractivity contribution in [3.8, 4) is 0 Å². The fourth-order valence-corrected chi connectivity index (χ4v) is 5.46. The normalized spacial score (nSPS) is 24.8. The Hall–Kier alpha value is -2.08. The molecule has 0 bridgehead atoms. The molecule has 1 aromatic rings. The highest BCUT2D eigenvalue weighted by Gasteiger charge is 2.26. The largest absolute Gasteiger partial charge is 0.0996 e. The number of hydrogen-bond acceptors (Lipinski definition) is 0. The molecule has 1 atom stereocenters. The van der Waals surface area contributed by atoms with Crippen LogP contribution in [0.15, 0.2) is 85.0 Å². The Bertz CT molecular complexity index is 795. The van der Waals surface area contributed by atoms with Gasteiger partial charge in [0.05, 0.1) is 0 Å². The van der Waals surface area contributed by atoms with Crippen molar-refractivity contribution in [1.82, 2.24) is 0 Å². The van der Waals surface area contributed by atoms with Gasteiger partial charge in [-0.2, -0.15) is 0 Å². The first-order chi connectivity index (χ1) is 14.0. The van der Waals surface area contributed by atoms with Crippen molar-refractivity contribution < 1.29 is 0 Å². The van der Waals surface area contributed by atoms with Gasteiger partial charge in [0.25, 0.3) is 0 Å². The summed E-state index contributed by atoms with van der Waals surface area (Å²) in [7, 11) is 0. The lowest BCUT2D eigenvalue weighted by molar-refractivity contribution is 0.331. The van der Waals surface area contributed by atoms with Crippen LogP contribution in [-0.2, 0) is 6.42 Å². The molecule has 0 heterocycles. The Balaban J connectivity index is 1.52. The van der Waals surface area contributed by atoms with Crippen LogP contribution in [0.25, 0.3) is 0 Å². The van der Waals surface area contributed by atoms with Crippen molar-refractivity contribution in [3.05, 3.63) is 96.2 Å². The van der Waals surface area contributed by atoms with Crippen molar-refractivity contribution in [1.29, 1.82) is 0 Å². The molecular weight excluding hydrogens is 348 g/mol. The van der Waals surface area contributed by atoms with Gasteiger partial charge in [0.2, 0.25) is 0 Å². The van der Waals surface area contributed by atoms with E-state index in [0.29, 0.717) is 17.8 Å². The van der Waals surface area contributed by atoms with E-state index in [1.165, 1.54) is 78.4 Å². The second-order valence-corrected chi connectivity index (χ2v) is 9.06. The van der Waals surface area contributed by atoms with Gasteiger partial charge in [-0.3, -0.25) is 0 Å². The first kappa shape index (κ1) is 21.6. The number of rotatable bonds is 8. The second-order valence-electron chi connectivity index (χ2n) is 9.06. The molecule has 2 aliphatic carbocycles. The molecule has 0 nitrogen and oxygen atoms in total. The smallest absolute Gasteiger partial charge is 0.00484 e. The lowest BCUT2D eigenvalue weighted by Crippen LogP contribution is -2.18. The number of benzene rings is 1. The summed E-state index contributed by atoms with van der Waals surface area (Å²) < 4.78 is 0. The minimum absolute atomic E-state index is 0.547. The zero-order valence-electron chi connectivity index (χ0n) is 18.4. The molecule has 0 saturated heterocycles. The van der Waals surface area contributed by atoms with Crippen molar-refractivity contribution in [2.75, 3.05) is 0 Å². The van der Waals surface area contributed by atoms with Gasteiger partial charge >= 0.3 is 0 Å². The summed E-state index contributed by atoms with van der Waals surface area (Å²) in [6.45, 7) is 19.1. The highest BCUT2D eigenvalue weighted by Crippen LogP contribution is 2.41. The van der Waals surface area contributed by atoms with Crippen LogP contribution in [0, 0.1) is 11.8 Å². The van der Waals surface area contributed by atoms with E-state index in [1.54, 1.807) is 0 Å². The maximum Gasteiger partial charge on any atom is 0.00484 e. The Morgan fingerprint density at radius 2 is 1.55 bits per heavy atom. The maximum absolute atomic E-state index is 4.50. The zero-order chi connectivity index (χ0) is 20.8. The van der Waals surface area contributed by atoms with Gasteiger partial charge in [0.15, 0.2) is 0 Å². The summed E-state index contributed by atoms with van der Waals surface area (Å²) in [5, 5.41) is 0. The predicted molar refractivity (Wildman–Crippen MR) is 128 cm³/mol. The lowest BCUT2D eigenvalue weighted by Gasteiger charge is -2.32. The van der Waals surface area contributed by atoms with E-state index in [9.17, 15) is 0 Å². The van der Waals surface area contributed by atoms with Gasteiger partial charge < -0.3 is 0 Å². The molecule has 29 heavy (non-hydrogen) atoms. The molecular formula is C29H38. The summed E-state index contributed by atoms with van der Waals surface area (Å²) >= 11 is 0. The minimum atomic E-state index is 0.547. The molecule has 1 saturated carbocycles. The monoisotopic (exact) mass is 386 g/mol. The van der Waals surface area contributed by atoms with Crippen LogP contribution in [0.2, 0.25) is 0 Å². The van der Waals surface area contributed by atoms with Crippen molar-refractivity contribution >= 4 is 0 Å². The van der Waals surface area contributed by atoms with Crippen LogP contribution in [0.4, 0.5) is 0 Å². The second kappa shape index (κ2) is 10.1. The Morgan fingerprint density at radius 3 is 2.24 bits per heavy atom. The number of allylic oxidation sites excluding steroid dienone is 6. The molecule has 0 spiro atoms. The Labute approximate surface area is 178 Å². The zero-order valence-corrected chi connectivity index (χ0v) is 18.4. The number of fused-ring (bicyclic) bond motifs is 1. The SMILES string of the molecule is C=C/C(C)=C(\C=C)C1CCC(C(=C)CCC(=C)C2CCCc3ccccc32)CC1. The third-order valence-electron chi connectivity index (χ3n) is 7.36. The van der Waals surface area contributed by atoms with E-state index in [1.807, 2.05) is 12.2 Å². The molecule has 1 unspecified atom stereocenters. The average Bonchev–Trinajstić information content (AvgIpc) is 2.77. The summed E-state index contributed by atoms with van der Waals surface area (Å²) in [6, 6.07) is 8.97. The molecule has 0 amide bonds. The first-order valence-electron chi connectivity index (χ1n) is 11.4. The molecule has 0 aliphatic heterocycles. The molecule has 0 radical (unpaired) electrons. The summed E-state index contributed by atoms with van der Waals surface area (Å²) in [5.74, 6) is 1.86. The molecule has 0 heteroatoms. The summed E-state index contributed by atoms with van der Waals surface area (Å²) in [4.78, 5) is 0. The fourth-order valence-electron chi connectivity index (χ4n) is 5.46. The van der Waals surface area contributed by atoms with Crippen LogP contribution in [0.3, 0.4) is 0 Å². The quantitative estimate of drug-likeness (QED) is 0.310. The third kappa shape index (κ3) is 5.10. The standard InChI is InChI=1S/C29H38/c1-6-21(3)27(7-2)26-19-17-24(18-20-26)22(4)15-16-23(5)28-14-10-12-25-11-8-9-13-29(25)28/h6-9,11,13,24,26,28H,1-2,4-5,10,12,14-20H2,3H3/b27-21+. The molecule has 3 rings (SSSR count). The van der Waals surface area contributed by atoms with Crippen LogP contribution in [-0.4, -0.2) is 0 Å². The minimum Gasteiger partial charge on any atom is -0.0996 e. The van der Waals surface area contributed by atoms with Gasteiger partial charge in [0, 0.05) is 5.92 Å². The predicted octanol–water partition coefficient (Wildman–Crippen LogP) is 8.49. The van der Waals surface area contributed by atoms with Gasteiger partial charge in [-0.1, -0.05) is 73.9 Å². The van der Waals surface area contributed by atoms with Gasteiger partial charge in [-0.15, -0.1) is 0 Å². The van der Waals surface area contributed by atoms with E-state index in [2.05, 4.69) is 57.5 Å². The molecule has 154 valence electrons. The molecule has 1 aromatic carbocycles. The van der Waals surface area contributed by atoms with Gasteiger partial charge in [-0.05, 0) is 98.8 Å². The van der Waals surface area contributed by atoms with E-state index >= 15 is 0 Å². The van der Waals surface area contributed by atoms with E-state index in [-0.39, 0.29) is 0 Å². The van der Waals surface area contributed by atoms with Crippen molar-refractivity contribution in [3.63, 3.8) is 0 Å². The molecule has 0 aromatic heterocycles. The molecule has 2 aliphatic rings. The van der Waals surface area contributed by atoms with Gasteiger partial charge in [0.1, 0.15) is 0 Å². The van der Waals surface area contributed by atoms with E-state index in [4.69, 9.17) is 0 Å². The van der Waals surface area contributed by atoms with Gasteiger partial charge in [-0.25, -0.2) is 0 Å². The Kier molecular flexibility index (Phi) is 7.53. The average molecular weight is 387 g/mol. The van der Waals surface area contributed by atoms with E-state index < -0.39 is 0 Å². The van der Waals surface area contributed by atoms with Crippen molar-refractivity contribution in [2.45, 2.75) is 70.6 Å². The number of hydrogen-bond donors (Lipinski definition) is 0. The highest BCUT2D eigenvalue weighted by atomic mass is 14.3. The summed E-state index contributed by atoms with van der Waals surface area (Å²) in [6.07, 6.45) is 15.0. The number of aryl methyl sites for hydroxylation is 1. The molecule has 1 fully saturated rings. The van der Waals surface area contributed by atoms with Crippen LogP contribution in [0.1, 0.15) is 75.3 Å². The summed E-state index contributed by atoms with van der Waals surface area (Å²) in [5.41, 5.74) is 8.59. The lowest BCUT2D eigenvalue weighted by atomic mass is 9.73. The third-order valence-corrected chi connectivity index (χ3v) is 7.36.